The van der Waals surface area contributed by atoms with Gasteiger partial charge in [-0.1, -0.05) is 60.7 Å². The van der Waals surface area contributed by atoms with Crippen LogP contribution in [0, 0.1) is 0 Å². The summed E-state index contributed by atoms with van der Waals surface area (Å²) in [7, 11) is 1.71. The molecule has 0 aliphatic carbocycles. The minimum absolute atomic E-state index is 0.837. The molecule has 0 N–H and O–H groups in total. The van der Waals surface area contributed by atoms with Gasteiger partial charge in [-0.05, 0) is 35.1 Å². The molecule has 0 amide bonds. The Morgan fingerprint density at radius 2 is 1.62 bits per heavy atom. The first-order valence-corrected chi connectivity index (χ1v) is 8.80. The molecule has 1 heterocycles. The van der Waals surface area contributed by atoms with Gasteiger partial charge in [0.05, 0.1) is 18.3 Å². The topological polar surface area (TPSA) is 22.1 Å². The Balaban J connectivity index is 2.02. The van der Waals surface area contributed by atoms with Gasteiger partial charge in [-0.15, -0.1) is 0 Å². The Hall–Kier alpha value is -2.36. The van der Waals surface area contributed by atoms with Crippen LogP contribution in [0.2, 0.25) is 0 Å². The van der Waals surface area contributed by atoms with Gasteiger partial charge in [0.1, 0.15) is 0 Å². The summed E-state index contributed by atoms with van der Waals surface area (Å²) >= 11 is 1.46. The first-order chi connectivity index (χ1) is 11.9. The van der Waals surface area contributed by atoms with Gasteiger partial charge in [0.15, 0.2) is 0 Å². The predicted octanol–water partition coefficient (Wildman–Crippen LogP) is 5.85. The van der Waals surface area contributed by atoms with Crippen molar-refractivity contribution in [2.45, 2.75) is 5.75 Å². The maximum Gasteiger partial charge on any atom is 0.0788 e. The van der Waals surface area contributed by atoms with Gasteiger partial charge in [0.2, 0.25) is 0 Å². The summed E-state index contributed by atoms with van der Waals surface area (Å²) in [4.78, 5) is 4.94. The summed E-state index contributed by atoms with van der Waals surface area (Å²) in [5, 5.41) is 3.62. The fraction of sp³-hybridized carbons (Fsp3) is 0.0952. The summed E-state index contributed by atoms with van der Waals surface area (Å²) in [5.74, 6) is 0.837. The Kier molecular flexibility index (Phi) is 4.20. The third kappa shape index (κ3) is 2.77. The van der Waals surface area contributed by atoms with E-state index in [1.807, 2.05) is 12.1 Å². The Morgan fingerprint density at radius 1 is 0.833 bits per heavy atom. The molecular weight excluding hydrogens is 314 g/mol. The van der Waals surface area contributed by atoms with Crippen molar-refractivity contribution in [2.24, 2.45) is 0 Å². The smallest absolute Gasteiger partial charge is 0.0788 e. The predicted molar refractivity (Wildman–Crippen MR) is 103 cm³/mol. The normalized spacial score (nSPS) is 11.2. The fourth-order valence-electron chi connectivity index (χ4n) is 3.03. The minimum Gasteiger partial charge on any atom is -0.318 e. The zero-order valence-electron chi connectivity index (χ0n) is 13.4. The van der Waals surface area contributed by atoms with E-state index in [0.717, 1.165) is 22.5 Å². The molecule has 3 heteroatoms. The molecule has 0 bridgehead atoms. The maximum atomic E-state index is 5.14. The molecule has 0 spiro atoms. The van der Waals surface area contributed by atoms with E-state index in [1.54, 1.807) is 7.11 Å². The average molecular weight is 331 g/mol. The van der Waals surface area contributed by atoms with Crippen molar-refractivity contribution >= 4 is 33.7 Å². The first kappa shape index (κ1) is 15.2. The van der Waals surface area contributed by atoms with Gasteiger partial charge in [0, 0.05) is 22.1 Å². The molecule has 118 valence electrons. The van der Waals surface area contributed by atoms with Crippen LogP contribution in [0.4, 0.5) is 0 Å². The first-order valence-electron chi connectivity index (χ1n) is 7.89. The summed E-state index contributed by atoms with van der Waals surface area (Å²) in [6.07, 6.45) is 0. The molecule has 1 aromatic heterocycles. The number of pyridine rings is 1. The van der Waals surface area contributed by atoms with Crippen LogP contribution in [0.15, 0.2) is 72.8 Å². The number of hydrogen-bond donors (Lipinski definition) is 0. The second kappa shape index (κ2) is 6.63. The van der Waals surface area contributed by atoms with E-state index in [2.05, 4.69) is 60.7 Å². The highest BCUT2D eigenvalue weighted by Gasteiger charge is 2.10. The molecule has 24 heavy (non-hydrogen) atoms. The zero-order chi connectivity index (χ0) is 16.4. The van der Waals surface area contributed by atoms with E-state index in [-0.39, 0.29) is 0 Å². The standard InChI is InChI=1S/C21H17NOS/c1-23-24-14-15-11-12-18-19(13-15)17-9-5-6-10-20(17)22-21(18)16-7-3-2-4-8-16/h2-13H,14H2,1H3. The SMILES string of the molecule is COSCc1ccc2c(-c3ccccc3)nc3ccccc3c2c1. The number of benzene rings is 3. The highest BCUT2D eigenvalue weighted by molar-refractivity contribution is 7.93. The number of hydrogen-bond acceptors (Lipinski definition) is 3. The number of para-hydroxylation sites is 1. The summed E-state index contributed by atoms with van der Waals surface area (Å²) < 4.78 is 5.14. The third-order valence-corrected chi connectivity index (χ3v) is 4.84. The molecule has 4 rings (SSSR count). The quantitative estimate of drug-likeness (QED) is 0.346. The van der Waals surface area contributed by atoms with E-state index in [1.165, 1.54) is 33.8 Å². The van der Waals surface area contributed by atoms with Crippen molar-refractivity contribution in [3.63, 3.8) is 0 Å². The van der Waals surface area contributed by atoms with Crippen molar-refractivity contribution in [1.29, 1.82) is 0 Å². The van der Waals surface area contributed by atoms with Gasteiger partial charge >= 0.3 is 0 Å². The molecule has 0 aliphatic heterocycles. The Labute approximate surface area is 145 Å². The second-order valence-electron chi connectivity index (χ2n) is 5.65. The van der Waals surface area contributed by atoms with Gasteiger partial charge in [-0.3, -0.25) is 0 Å². The molecule has 4 aromatic rings. The summed E-state index contributed by atoms with van der Waals surface area (Å²) in [6.45, 7) is 0. The molecule has 0 saturated heterocycles. The van der Waals surface area contributed by atoms with E-state index in [4.69, 9.17) is 9.17 Å². The van der Waals surface area contributed by atoms with E-state index in [0.29, 0.717) is 0 Å². The molecule has 0 saturated carbocycles. The molecule has 0 atom stereocenters. The second-order valence-corrected chi connectivity index (χ2v) is 6.51. The number of aromatic nitrogens is 1. The number of fused-ring (bicyclic) bond motifs is 3. The zero-order valence-corrected chi connectivity index (χ0v) is 14.2. The lowest BCUT2D eigenvalue weighted by atomic mass is 9.98. The van der Waals surface area contributed by atoms with Crippen LogP contribution < -0.4 is 0 Å². The molecule has 0 aliphatic rings. The third-order valence-electron chi connectivity index (χ3n) is 4.16. The van der Waals surface area contributed by atoms with Crippen LogP contribution in [0.5, 0.6) is 0 Å². The molecule has 0 fully saturated rings. The molecule has 3 aromatic carbocycles. The lowest BCUT2D eigenvalue weighted by molar-refractivity contribution is 0.489. The van der Waals surface area contributed by atoms with Crippen LogP contribution in [0.1, 0.15) is 5.56 Å². The van der Waals surface area contributed by atoms with Gasteiger partial charge in [-0.2, -0.15) is 0 Å². The van der Waals surface area contributed by atoms with E-state index in [9.17, 15) is 0 Å². The van der Waals surface area contributed by atoms with Crippen LogP contribution in [0.25, 0.3) is 32.9 Å². The summed E-state index contributed by atoms with van der Waals surface area (Å²) in [6, 6.07) is 25.3. The van der Waals surface area contributed by atoms with Gasteiger partial charge < -0.3 is 4.18 Å². The van der Waals surface area contributed by atoms with E-state index < -0.39 is 0 Å². The van der Waals surface area contributed by atoms with Gasteiger partial charge in [0.25, 0.3) is 0 Å². The summed E-state index contributed by atoms with van der Waals surface area (Å²) in [5.41, 5.74) is 4.47. The highest BCUT2D eigenvalue weighted by Crippen LogP contribution is 2.33. The van der Waals surface area contributed by atoms with Crippen molar-refractivity contribution in [2.75, 3.05) is 7.11 Å². The van der Waals surface area contributed by atoms with Crippen LogP contribution in [-0.4, -0.2) is 12.1 Å². The van der Waals surface area contributed by atoms with Crippen molar-refractivity contribution < 1.29 is 4.18 Å². The molecule has 2 nitrogen and oxygen atoms in total. The number of nitrogens with zero attached hydrogens (tertiary/aromatic N) is 1. The van der Waals surface area contributed by atoms with Crippen molar-refractivity contribution in [3.8, 4) is 11.3 Å². The van der Waals surface area contributed by atoms with Crippen LogP contribution >= 0.6 is 12.0 Å². The van der Waals surface area contributed by atoms with Crippen molar-refractivity contribution in [3.05, 3.63) is 78.4 Å². The Bertz CT molecular complexity index is 998. The Morgan fingerprint density at radius 3 is 2.46 bits per heavy atom. The van der Waals surface area contributed by atoms with Crippen LogP contribution in [0.3, 0.4) is 0 Å². The molecule has 0 unspecified atom stereocenters. The maximum absolute atomic E-state index is 5.14. The van der Waals surface area contributed by atoms with Crippen LogP contribution in [-0.2, 0) is 9.94 Å². The lowest BCUT2D eigenvalue weighted by Crippen LogP contribution is -1.91. The fourth-order valence-corrected chi connectivity index (χ4v) is 3.47. The molecule has 0 radical (unpaired) electrons. The van der Waals surface area contributed by atoms with Gasteiger partial charge in [-0.25, -0.2) is 4.98 Å². The average Bonchev–Trinajstić information content (AvgIpc) is 2.66. The van der Waals surface area contributed by atoms with E-state index >= 15 is 0 Å². The largest absolute Gasteiger partial charge is 0.318 e. The molecular formula is C21H17NOS. The number of rotatable bonds is 4. The monoisotopic (exact) mass is 331 g/mol. The van der Waals surface area contributed by atoms with Crippen molar-refractivity contribution in [1.82, 2.24) is 4.98 Å². The lowest BCUT2D eigenvalue weighted by Gasteiger charge is -2.11. The highest BCUT2D eigenvalue weighted by atomic mass is 32.2. The minimum atomic E-state index is 0.837.